The smallest absolute Gasteiger partial charge is 0.164 e. The Kier molecular flexibility index (Phi) is 9.49. The Labute approximate surface area is 360 Å². The second-order valence-electron chi connectivity index (χ2n) is 15.5. The van der Waals surface area contributed by atoms with Crippen LogP contribution in [0.4, 0.5) is 0 Å². The second-order valence-corrected chi connectivity index (χ2v) is 15.5. The summed E-state index contributed by atoms with van der Waals surface area (Å²) >= 11 is 0. The molecule has 2 aromatic heterocycles. The normalized spacial score (nSPS) is 11.2. The summed E-state index contributed by atoms with van der Waals surface area (Å²) in [6.45, 7) is 0. The minimum atomic E-state index is 0.624. The van der Waals surface area contributed by atoms with Gasteiger partial charge in [-0.15, -0.1) is 0 Å². The van der Waals surface area contributed by atoms with Crippen molar-refractivity contribution in [3.63, 3.8) is 0 Å². The molecule has 0 aliphatic carbocycles. The van der Waals surface area contributed by atoms with Crippen LogP contribution < -0.4 is 0 Å². The molecule has 4 heteroatoms. The molecule has 0 aliphatic heterocycles. The number of rotatable bonds is 8. The van der Waals surface area contributed by atoms with Crippen LogP contribution in [-0.4, -0.2) is 19.9 Å². The molecule has 0 N–H and O–H groups in total. The highest BCUT2D eigenvalue weighted by molar-refractivity contribution is 6.10. The van der Waals surface area contributed by atoms with Crippen LogP contribution in [0, 0.1) is 0 Å². The van der Waals surface area contributed by atoms with E-state index in [0.717, 1.165) is 66.4 Å². The quantitative estimate of drug-likeness (QED) is 0.144. The molecule has 0 radical (unpaired) electrons. The third kappa shape index (κ3) is 7.20. The van der Waals surface area contributed by atoms with Crippen molar-refractivity contribution in [2.75, 3.05) is 0 Å². The molecule has 0 saturated carbocycles. The Morgan fingerprint density at radius 2 is 0.645 bits per heavy atom. The average molecular weight is 791 g/mol. The summed E-state index contributed by atoms with van der Waals surface area (Å²) in [5, 5.41) is 3.51. The number of hydrogen-bond donors (Lipinski definition) is 0. The fourth-order valence-electron chi connectivity index (χ4n) is 8.36. The van der Waals surface area contributed by atoms with Gasteiger partial charge in [0, 0.05) is 33.7 Å². The molecule has 11 aromatic rings. The maximum atomic E-state index is 5.06. The maximum Gasteiger partial charge on any atom is 0.164 e. The molecule has 0 amide bonds. The molecule has 11 rings (SSSR count). The van der Waals surface area contributed by atoms with Crippen molar-refractivity contribution in [3.8, 4) is 89.8 Å². The van der Waals surface area contributed by atoms with Gasteiger partial charge < -0.3 is 0 Å². The lowest BCUT2D eigenvalue weighted by Gasteiger charge is -2.12. The van der Waals surface area contributed by atoms with Crippen molar-refractivity contribution >= 4 is 21.7 Å². The van der Waals surface area contributed by atoms with E-state index in [9.17, 15) is 0 Å². The fourth-order valence-corrected chi connectivity index (χ4v) is 8.36. The van der Waals surface area contributed by atoms with Gasteiger partial charge in [-0.3, -0.25) is 4.98 Å². The molecule has 0 atom stereocenters. The number of aromatic nitrogens is 4. The molecule has 0 fully saturated rings. The van der Waals surface area contributed by atoms with E-state index in [-0.39, 0.29) is 0 Å². The number of pyridine rings is 1. The number of nitrogens with zero attached hydrogens (tertiary/aromatic N) is 4. The highest BCUT2D eigenvalue weighted by Crippen LogP contribution is 2.36. The maximum absolute atomic E-state index is 5.06. The predicted molar refractivity (Wildman–Crippen MR) is 256 cm³/mol. The van der Waals surface area contributed by atoms with E-state index in [0.29, 0.717) is 17.5 Å². The van der Waals surface area contributed by atoms with Crippen LogP contribution in [0.5, 0.6) is 0 Å². The minimum absolute atomic E-state index is 0.624. The Morgan fingerprint density at radius 3 is 1.18 bits per heavy atom. The monoisotopic (exact) mass is 790 g/mol. The third-order valence-corrected chi connectivity index (χ3v) is 11.6. The highest BCUT2D eigenvalue weighted by Gasteiger charge is 2.15. The van der Waals surface area contributed by atoms with Crippen LogP contribution in [-0.2, 0) is 0 Å². The lowest BCUT2D eigenvalue weighted by molar-refractivity contribution is 1.07. The van der Waals surface area contributed by atoms with E-state index in [4.69, 9.17) is 19.9 Å². The van der Waals surface area contributed by atoms with Gasteiger partial charge >= 0.3 is 0 Å². The molecule has 0 aliphatic rings. The average Bonchev–Trinajstić information content (AvgIpc) is 3.37. The SMILES string of the molecule is c1ccc(-c2ccc(-c3nc(-c4ccc(-c5ccccc5)cc4)nc(-c4ccc(-c5cccc(-c6cccc(-c7cccc8c7ccc7cccnc78)c6)c5)cc4)n3)cc2)cc1. The zero-order chi connectivity index (χ0) is 41.2. The van der Waals surface area contributed by atoms with Crippen molar-refractivity contribution in [1.82, 2.24) is 19.9 Å². The summed E-state index contributed by atoms with van der Waals surface area (Å²) in [5.41, 5.74) is 15.4. The van der Waals surface area contributed by atoms with E-state index in [1.165, 1.54) is 27.6 Å². The van der Waals surface area contributed by atoms with Crippen LogP contribution in [0.25, 0.3) is 111 Å². The van der Waals surface area contributed by atoms with Gasteiger partial charge in [0.1, 0.15) is 0 Å². The molecule has 2 heterocycles. The number of benzene rings is 9. The molecular weight excluding hydrogens is 753 g/mol. The molecule has 62 heavy (non-hydrogen) atoms. The van der Waals surface area contributed by atoms with Gasteiger partial charge in [-0.2, -0.15) is 0 Å². The van der Waals surface area contributed by atoms with Gasteiger partial charge in [0.25, 0.3) is 0 Å². The van der Waals surface area contributed by atoms with E-state index in [1.54, 1.807) is 0 Å². The molecule has 9 aromatic carbocycles. The summed E-state index contributed by atoms with van der Waals surface area (Å²) < 4.78 is 0. The van der Waals surface area contributed by atoms with Crippen LogP contribution in [0.2, 0.25) is 0 Å². The molecule has 0 saturated heterocycles. The van der Waals surface area contributed by atoms with Crippen LogP contribution in [0.1, 0.15) is 0 Å². The first-order valence-corrected chi connectivity index (χ1v) is 20.9. The van der Waals surface area contributed by atoms with Crippen LogP contribution in [0.3, 0.4) is 0 Å². The lowest BCUT2D eigenvalue weighted by atomic mass is 9.93. The zero-order valence-electron chi connectivity index (χ0n) is 33.7. The summed E-state index contributed by atoms with van der Waals surface area (Å²) in [7, 11) is 0. The first-order valence-electron chi connectivity index (χ1n) is 20.9. The van der Waals surface area contributed by atoms with Crippen LogP contribution >= 0.6 is 0 Å². The highest BCUT2D eigenvalue weighted by atomic mass is 15.0. The number of hydrogen-bond acceptors (Lipinski definition) is 4. The Hall–Kier alpha value is -8.34. The Morgan fingerprint density at radius 1 is 0.242 bits per heavy atom. The topological polar surface area (TPSA) is 51.6 Å². The lowest BCUT2D eigenvalue weighted by Crippen LogP contribution is -2.00. The molecule has 0 bridgehead atoms. The third-order valence-electron chi connectivity index (χ3n) is 11.6. The summed E-state index contributed by atoms with van der Waals surface area (Å²) in [5.74, 6) is 1.88. The molecule has 290 valence electrons. The van der Waals surface area contributed by atoms with Gasteiger partial charge in [0.15, 0.2) is 17.5 Å². The molecule has 0 unspecified atom stereocenters. The molecular formula is C58H38N4. The van der Waals surface area contributed by atoms with Gasteiger partial charge in [-0.05, 0) is 79.2 Å². The van der Waals surface area contributed by atoms with Gasteiger partial charge in [0.2, 0.25) is 0 Å². The van der Waals surface area contributed by atoms with E-state index in [1.807, 2.05) is 24.4 Å². The molecule has 4 nitrogen and oxygen atoms in total. The Balaban J connectivity index is 0.918. The minimum Gasteiger partial charge on any atom is -0.256 e. The Bertz CT molecular complexity index is 3260. The predicted octanol–water partition coefficient (Wildman–Crippen LogP) is 14.9. The summed E-state index contributed by atoms with van der Waals surface area (Å²) in [6, 6.07) is 78.8. The standard InChI is InChI=1S/C58H38N4/c1-3-11-39(12-4-1)41-22-28-45(29-23-41)56-60-57(46-30-24-42(25-31-46)40-13-5-2-6-14-40)62-58(61-56)47-32-26-43(27-33-47)48-15-7-16-49(37-48)50-17-8-18-51(38-50)52-20-9-21-54-53(52)35-34-44-19-10-36-59-55(44)54/h1-38H. The van der Waals surface area contributed by atoms with Gasteiger partial charge in [-0.25, -0.2) is 15.0 Å². The summed E-state index contributed by atoms with van der Waals surface area (Å²) in [6.07, 6.45) is 1.87. The van der Waals surface area contributed by atoms with Crippen molar-refractivity contribution in [2.24, 2.45) is 0 Å². The fraction of sp³-hybridized carbons (Fsp3) is 0. The largest absolute Gasteiger partial charge is 0.256 e. The summed E-state index contributed by atoms with van der Waals surface area (Å²) in [4.78, 5) is 19.9. The van der Waals surface area contributed by atoms with Crippen LogP contribution in [0.15, 0.2) is 231 Å². The van der Waals surface area contributed by atoms with Crippen molar-refractivity contribution in [1.29, 1.82) is 0 Å². The first-order chi connectivity index (χ1) is 30.7. The van der Waals surface area contributed by atoms with Crippen molar-refractivity contribution in [2.45, 2.75) is 0 Å². The zero-order valence-corrected chi connectivity index (χ0v) is 33.7. The van der Waals surface area contributed by atoms with Gasteiger partial charge in [-0.1, -0.05) is 206 Å². The first kappa shape index (κ1) is 36.7. The van der Waals surface area contributed by atoms with Crippen molar-refractivity contribution < 1.29 is 0 Å². The van der Waals surface area contributed by atoms with E-state index < -0.39 is 0 Å². The van der Waals surface area contributed by atoms with E-state index in [2.05, 4.69) is 206 Å². The van der Waals surface area contributed by atoms with Crippen molar-refractivity contribution in [3.05, 3.63) is 231 Å². The number of fused-ring (bicyclic) bond motifs is 3. The van der Waals surface area contributed by atoms with Gasteiger partial charge in [0.05, 0.1) is 5.52 Å². The molecule has 0 spiro atoms. The second kappa shape index (κ2) is 16.0. The van der Waals surface area contributed by atoms with E-state index >= 15 is 0 Å².